The fraction of sp³-hybridized carbons (Fsp3) is 0.481. The second kappa shape index (κ2) is 37.7. The molecule has 0 aliphatic heterocycles. The van der Waals surface area contributed by atoms with Gasteiger partial charge in [-0.3, -0.25) is 62.7 Å². The van der Waals surface area contributed by atoms with Gasteiger partial charge in [0.15, 0.2) is 11.9 Å². The van der Waals surface area contributed by atoms with E-state index in [2.05, 4.69) is 70.1 Å². The Morgan fingerprint density at radius 3 is 1.43 bits per heavy atom. The predicted octanol–water partition coefficient (Wildman–Crippen LogP) is -6.87. The molecular formula is C54H82N20O14S. The lowest BCUT2D eigenvalue weighted by Gasteiger charge is -2.28. The minimum absolute atomic E-state index is 0.0323. The number of nitrogens with two attached hydrogens (primary N) is 9. The molecule has 3 rings (SSSR count). The molecule has 0 saturated carbocycles. The van der Waals surface area contributed by atoms with Crippen molar-refractivity contribution in [2.75, 3.05) is 25.4 Å². The third kappa shape index (κ3) is 26.8. The summed E-state index contributed by atoms with van der Waals surface area (Å²) in [6.45, 7) is 0.0728. The van der Waals surface area contributed by atoms with E-state index in [9.17, 15) is 67.7 Å². The van der Waals surface area contributed by atoms with Crippen molar-refractivity contribution < 1.29 is 67.7 Å². The number of phenols is 1. The van der Waals surface area contributed by atoms with Gasteiger partial charge >= 0.3 is 5.97 Å². The SMILES string of the molecule is NCCCC[C@H](NC(=O)[C@H](CS)NC(=O)[C@H](CCCN=C(N)N)NC(=O)[C@H](Cc1c[nH]c2ccccc12)NC(=O)[C@H](CCCN=C(N)N)NC(=O)[C@H](Cc1ccc(O)cc1)NC(=O)[C@@H](N)CC(N)=O)C(=O)N[C@@H](CC(N)=O)C(=O)N[C@@H](CCC(N)=O)C(=O)O. The lowest BCUT2D eigenvalue weighted by Crippen LogP contribution is -2.61. The first-order valence-electron chi connectivity index (χ1n) is 28.1. The Morgan fingerprint density at radius 2 is 0.933 bits per heavy atom. The zero-order valence-electron chi connectivity index (χ0n) is 48.7. The Hall–Kier alpha value is -9.77. The Kier molecular flexibility index (Phi) is 31.1. The first kappa shape index (κ1) is 73.5. The Morgan fingerprint density at radius 1 is 0.494 bits per heavy atom. The van der Waals surface area contributed by atoms with E-state index in [0.717, 1.165) is 0 Å². The van der Waals surface area contributed by atoms with Gasteiger partial charge in [0.1, 0.15) is 54.1 Å². The van der Waals surface area contributed by atoms with Crippen LogP contribution in [0.1, 0.15) is 81.8 Å². The van der Waals surface area contributed by atoms with Gasteiger partial charge in [0.25, 0.3) is 0 Å². The number of benzene rings is 2. The Balaban J connectivity index is 2.04. The monoisotopic (exact) mass is 1270 g/mol. The number of H-pyrrole nitrogens is 1. The number of aliphatic imine (C=N–C) groups is 2. The highest BCUT2D eigenvalue weighted by Crippen LogP contribution is 2.20. The maximum absolute atomic E-state index is 14.9. The summed E-state index contributed by atoms with van der Waals surface area (Å²) < 4.78 is 0. The molecule has 0 bridgehead atoms. The van der Waals surface area contributed by atoms with Crippen LogP contribution in [-0.2, 0) is 70.4 Å². The lowest BCUT2D eigenvalue weighted by atomic mass is 10.0. The number of carboxylic acids is 1. The number of rotatable bonds is 41. The average molecular weight is 1270 g/mol. The first-order valence-corrected chi connectivity index (χ1v) is 28.8. The second-order valence-electron chi connectivity index (χ2n) is 20.6. The molecule has 0 aliphatic carbocycles. The number of primary amides is 3. The zero-order chi connectivity index (χ0) is 66.3. The first-order chi connectivity index (χ1) is 42.1. The van der Waals surface area contributed by atoms with Crippen molar-refractivity contribution in [1.82, 2.24) is 47.5 Å². The van der Waals surface area contributed by atoms with E-state index in [1.165, 1.54) is 24.3 Å². The van der Waals surface area contributed by atoms with Crippen LogP contribution in [0.2, 0.25) is 0 Å². The number of carbonyl (C=O) groups excluding carboxylic acids is 11. The number of para-hydroxylation sites is 1. The number of fused-ring (bicyclic) bond motifs is 1. The van der Waals surface area contributed by atoms with Gasteiger partial charge in [-0.25, -0.2) is 4.79 Å². The predicted molar refractivity (Wildman–Crippen MR) is 328 cm³/mol. The van der Waals surface area contributed by atoms with E-state index in [0.29, 0.717) is 28.5 Å². The normalized spacial score (nSPS) is 14.0. The van der Waals surface area contributed by atoms with Gasteiger partial charge in [-0.2, -0.15) is 12.6 Å². The number of aromatic hydroxyl groups is 1. The quantitative estimate of drug-likeness (QED) is 0.0109. The van der Waals surface area contributed by atoms with Crippen LogP contribution in [-0.4, -0.2) is 178 Å². The summed E-state index contributed by atoms with van der Waals surface area (Å²) in [5.74, 6) is -13.5. The summed E-state index contributed by atoms with van der Waals surface area (Å²) in [7, 11) is 0. The topological polar surface area (TPSA) is 616 Å². The summed E-state index contributed by atoms with van der Waals surface area (Å²) >= 11 is 4.28. The van der Waals surface area contributed by atoms with Gasteiger partial charge in [-0.15, -0.1) is 0 Å². The molecule has 0 fully saturated rings. The average Bonchev–Trinajstić information content (AvgIpc) is 2.57. The number of guanidine groups is 2. The molecule has 89 heavy (non-hydrogen) atoms. The van der Waals surface area contributed by atoms with Crippen LogP contribution in [0.25, 0.3) is 10.9 Å². The number of aliphatic carboxylic acids is 1. The summed E-state index contributed by atoms with van der Waals surface area (Å²) in [5.41, 5.74) is 51.2. The standard InChI is InChI=1S/C54H82N20O14S/c55-18-4-3-9-33(45(80)73-39(24-43(59)78)50(85)70-36(52(87)88)16-17-41(57)76)69-51(86)40(26-89)74-47(82)35(11-6-20-65-54(62)63)68-49(84)38(22-28-25-66-32-8-2-1-7-30(28)32)72-46(81)34(10-5-19-64-53(60)61)67-48(83)37(21-27-12-14-29(75)15-13-27)71-44(79)31(56)23-42(58)77/h1-2,7-8,12-15,25,31,33-40,66,75,89H,3-6,9-11,16-24,26,55-56H2,(H2,57,76)(H2,58,77)(H2,59,78)(H,67,83)(H,68,84)(H,69,86)(H,70,85)(H,71,79)(H,72,81)(H,73,80)(H,74,82)(H,87,88)(H4,60,61,64)(H4,62,63,65)/t31-,33-,34-,35-,36-,37-,38-,39-,40-/m0/s1. The summed E-state index contributed by atoms with van der Waals surface area (Å²) in [5, 5.41) is 40.2. The van der Waals surface area contributed by atoms with Gasteiger partial charge in [0.05, 0.1) is 18.9 Å². The number of unbranched alkanes of at least 4 members (excludes halogenated alkanes) is 1. The van der Waals surface area contributed by atoms with Gasteiger partial charge < -0.3 is 109 Å². The smallest absolute Gasteiger partial charge is 0.326 e. The zero-order valence-corrected chi connectivity index (χ0v) is 49.6. The van der Waals surface area contributed by atoms with Crippen LogP contribution in [0.3, 0.4) is 0 Å². The molecule has 2 aromatic carbocycles. The van der Waals surface area contributed by atoms with Crippen molar-refractivity contribution in [1.29, 1.82) is 0 Å². The van der Waals surface area contributed by atoms with Gasteiger partial charge in [-0.1, -0.05) is 30.3 Å². The third-order valence-electron chi connectivity index (χ3n) is 13.4. The maximum Gasteiger partial charge on any atom is 0.326 e. The molecule has 0 saturated heterocycles. The Labute approximate surface area is 516 Å². The number of hydrogen-bond acceptors (Lipinski definition) is 18. The van der Waals surface area contributed by atoms with E-state index in [1.54, 1.807) is 30.5 Å². The Bertz CT molecular complexity index is 3010. The summed E-state index contributed by atoms with van der Waals surface area (Å²) in [4.78, 5) is 171. The highest BCUT2D eigenvalue weighted by Gasteiger charge is 2.36. The number of aromatic amines is 1. The number of hydrogen-bond donors (Lipinski definition) is 21. The van der Waals surface area contributed by atoms with Crippen molar-refractivity contribution in [2.24, 2.45) is 61.6 Å². The van der Waals surface area contributed by atoms with Crippen LogP contribution >= 0.6 is 12.6 Å². The van der Waals surface area contributed by atoms with Gasteiger partial charge in [0.2, 0.25) is 65.0 Å². The van der Waals surface area contributed by atoms with E-state index in [-0.39, 0.29) is 88.7 Å². The number of amides is 11. The maximum atomic E-state index is 14.9. The number of phenolic OH excluding ortho intramolecular Hbond substituents is 1. The van der Waals surface area contributed by atoms with E-state index in [4.69, 9.17) is 51.6 Å². The molecule has 35 heteroatoms. The van der Waals surface area contributed by atoms with Gasteiger partial charge in [-0.05, 0) is 87.2 Å². The third-order valence-corrected chi connectivity index (χ3v) is 13.7. The van der Waals surface area contributed by atoms with E-state index in [1.807, 2.05) is 0 Å². The van der Waals surface area contributed by atoms with Crippen LogP contribution < -0.4 is 94.1 Å². The minimum atomic E-state index is -1.78. The fourth-order valence-corrected chi connectivity index (χ4v) is 9.01. The lowest BCUT2D eigenvalue weighted by molar-refractivity contribution is -0.143. The number of carboxylic acid groups (broad SMARTS) is 1. The molecule has 1 aromatic heterocycles. The molecule has 0 unspecified atom stereocenters. The molecule has 11 amide bonds. The number of aromatic nitrogens is 1. The number of carbonyl (C=O) groups is 12. The van der Waals surface area contributed by atoms with Crippen molar-refractivity contribution in [3.05, 3.63) is 65.9 Å². The molecule has 9 atom stereocenters. The fourth-order valence-electron chi connectivity index (χ4n) is 8.76. The largest absolute Gasteiger partial charge is 0.508 e. The number of nitrogens with zero attached hydrogens (tertiary/aromatic N) is 2. The molecule has 29 N–H and O–H groups in total. The molecule has 0 radical (unpaired) electrons. The highest BCUT2D eigenvalue weighted by molar-refractivity contribution is 7.80. The highest BCUT2D eigenvalue weighted by atomic mass is 32.1. The second-order valence-corrected chi connectivity index (χ2v) is 20.9. The molecule has 3 aromatic rings. The van der Waals surface area contributed by atoms with Gasteiger partial charge in [0, 0.05) is 55.2 Å². The van der Waals surface area contributed by atoms with E-state index < -0.39 is 157 Å². The molecule has 1 heterocycles. The van der Waals surface area contributed by atoms with Crippen molar-refractivity contribution in [3.8, 4) is 5.75 Å². The van der Waals surface area contributed by atoms with Crippen molar-refractivity contribution in [3.63, 3.8) is 0 Å². The van der Waals surface area contributed by atoms with Crippen LogP contribution in [0, 0.1) is 0 Å². The van der Waals surface area contributed by atoms with Crippen LogP contribution in [0.5, 0.6) is 5.75 Å². The molecule has 0 spiro atoms. The molecule has 488 valence electrons. The summed E-state index contributed by atoms with van der Waals surface area (Å²) in [6.07, 6.45) is -1.01. The van der Waals surface area contributed by atoms with Crippen molar-refractivity contribution in [2.45, 2.75) is 138 Å². The van der Waals surface area contributed by atoms with E-state index >= 15 is 0 Å². The molecule has 0 aliphatic rings. The number of thiol groups is 1. The molecule has 34 nitrogen and oxygen atoms in total. The molecular weight excluding hydrogens is 1180 g/mol. The van der Waals surface area contributed by atoms with Crippen LogP contribution in [0.4, 0.5) is 0 Å². The van der Waals surface area contributed by atoms with Crippen LogP contribution in [0.15, 0.2) is 64.7 Å². The number of nitrogens with one attached hydrogen (secondary N) is 9. The minimum Gasteiger partial charge on any atom is -0.508 e. The summed E-state index contributed by atoms with van der Waals surface area (Å²) in [6, 6.07) is -1.43. The van der Waals surface area contributed by atoms with Crippen molar-refractivity contribution >= 4 is 106 Å².